The summed E-state index contributed by atoms with van der Waals surface area (Å²) in [6.45, 7) is 1.87. The molecular weight excluding hydrogens is 452 g/mol. The second-order valence-corrected chi connectivity index (χ2v) is 8.62. The first-order valence-corrected chi connectivity index (χ1v) is 11.4. The molecular formula is C26H30N2O7. The number of hydrogen-bond donors (Lipinski definition) is 1. The quantitative estimate of drug-likeness (QED) is 0.349. The Morgan fingerprint density at radius 1 is 1.06 bits per heavy atom. The van der Waals surface area contributed by atoms with Crippen LogP contribution >= 0.6 is 0 Å². The van der Waals surface area contributed by atoms with Gasteiger partial charge in [-0.05, 0) is 63.5 Å². The number of aliphatic hydroxyl groups excluding tert-OH is 1. The second kappa shape index (κ2) is 10.3. The molecule has 1 unspecified atom stereocenters. The highest BCUT2D eigenvalue weighted by Gasteiger charge is 2.47. The molecule has 186 valence electrons. The maximum absolute atomic E-state index is 13.3. The number of amides is 1. The Hall–Kier alpha value is -3.72. The van der Waals surface area contributed by atoms with E-state index in [0.29, 0.717) is 60.3 Å². The fourth-order valence-electron chi connectivity index (χ4n) is 4.39. The normalized spacial score (nSPS) is 18.8. The molecule has 4 rings (SSSR count). The van der Waals surface area contributed by atoms with Crippen LogP contribution in [0.3, 0.4) is 0 Å². The van der Waals surface area contributed by atoms with E-state index in [1.54, 1.807) is 36.4 Å². The van der Waals surface area contributed by atoms with E-state index in [1.807, 2.05) is 19.0 Å². The summed E-state index contributed by atoms with van der Waals surface area (Å²) in [7, 11) is 6.94. The van der Waals surface area contributed by atoms with E-state index >= 15 is 0 Å². The van der Waals surface area contributed by atoms with E-state index in [0.717, 1.165) is 6.54 Å². The van der Waals surface area contributed by atoms with E-state index < -0.39 is 17.7 Å². The molecule has 2 aromatic carbocycles. The molecule has 9 nitrogen and oxygen atoms in total. The van der Waals surface area contributed by atoms with Crippen molar-refractivity contribution in [3.05, 3.63) is 53.1 Å². The molecule has 1 atom stereocenters. The number of ether oxygens (including phenoxy) is 4. The maximum Gasteiger partial charge on any atom is 0.295 e. The summed E-state index contributed by atoms with van der Waals surface area (Å²) >= 11 is 0. The Kier molecular flexibility index (Phi) is 7.16. The average molecular weight is 483 g/mol. The van der Waals surface area contributed by atoms with Gasteiger partial charge in [-0.1, -0.05) is 0 Å². The average Bonchev–Trinajstić information content (AvgIpc) is 3.12. The standard InChI is InChI=1S/C26H30N2O7/c1-27(2)10-5-11-28-23(18-15-17(32-3)7-9-19(18)33-4)22(25(30)26(28)31)24(29)16-6-8-20-21(14-16)35-13-12-34-20/h6-9,14-15,23,29H,5,10-13H2,1-4H3. The number of ketones is 1. The number of rotatable bonds is 8. The maximum atomic E-state index is 13.3. The van der Waals surface area contributed by atoms with Crippen LogP contribution < -0.4 is 18.9 Å². The predicted molar refractivity (Wildman–Crippen MR) is 129 cm³/mol. The lowest BCUT2D eigenvalue weighted by Crippen LogP contribution is -2.32. The molecule has 2 aromatic rings. The zero-order chi connectivity index (χ0) is 25.1. The van der Waals surface area contributed by atoms with Crippen LogP contribution in [0.25, 0.3) is 5.76 Å². The van der Waals surface area contributed by atoms with Gasteiger partial charge in [0, 0.05) is 17.7 Å². The molecule has 9 heteroatoms. The number of carbonyl (C=O) groups is 2. The fraction of sp³-hybridized carbons (Fsp3) is 0.385. The van der Waals surface area contributed by atoms with Crippen molar-refractivity contribution in [2.75, 3.05) is 54.6 Å². The summed E-state index contributed by atoms with van der Waals surface area (Å²) in [6, 6.07) is 9.27. The minimum absolute atomic E-state index is 0.0110. The Bertz CT molecular complexity index is 1160. The Morgan fingerprint density at radius 3 is 2.49 bits per heavy atom. The van der Waals surface area contributed by atoms with Gasteiger partial charge in [0.15, 0.2) is 11.5 Å². The van der Waals surface area contributed by atoms with Gasteiger partial charge in [-0.15, -0.1) is 0 Å². The first kappa shape index (κ1) is 24.4. The van der Waals surface area contributed by atoms with Crippen molar-refractivity contribution in [1.29, 1.82) is 0 Å². The molecule has 0 radical (unpaired) electrons. The van der Waals surface area contributed by atoms with Gasteiger partial charge in [-0.25, -0.2) is 0 Å². The summed E-state index contributed by atoms with van der Waals surface area (Å²) in [4.78, 5) is 30.0. The van der Waals surface area contributed by atoms with E-state index in [-0.39, 0.29) is 11.3 Å². The molecule has 0 bridgehead atoms. The number of carbonyl (C=O) groups excluding carboxylic acids is 2. The van der Waals surface area contributed by atoms with Gasteiger partial charge in [0.1, 0.15) is 30.5 Å². The lowest BCUT2D eigenvalue weighted by Gasteiger charge is -2.27. The summed E-state index contributed by atoms with van der Waals surface area (Å²) in [5.41, 5.74) is 0.894. The number of Topliss-reactive ketones (excluding diaryl/α,β-unsaturated/α-hetero) is 1. The zero-order valence-corrected chi connectivity index (χ0v) is 20.4. The molecule has 1 fully saturated rings. The van der Waals surface area contributed by atoms with Crippen molar-refractivity contribution in [3.63, 3.8) is 0 Å². The van der Waals surface area contributed by atoms with Crippen LogP contribution in [0, 0.1) is 0 Å². The Balaban J connectivity index is 1.85. The second-order valence-electron chi connectivity index (χ2n) is 8.62. The third-order valence-electron chi connectivity index (χ3n) is 6.09. The SMILES string of the molecule is COc1ccc(OC)c(C2C(=C(O)c3ccc4c(c3)OCCO4)C(=O)C(=O)N2CCCN(C)C)c1. The van der Waals surface area contributed by atoms with Gasteiger partial charge in [0.05, 0.1) is 25.8 Å². The van der Waals surface area contributed by atoms with Crippen molar-refractivity contribution in [2.45, 2.75) is 12.5 Å². The van der Waals surface area contributed by atoms with E-state index in [4.69, 9.17) is 18.9 Å². The Morgan fingerprint density at radius 2 is 1.80 bits per heavy atom. The Labute approximate surface area is 204 Å². The van der Waals surface area contributed by atoms with Crippen LogP contribution in [-0.2, 0) is 9.59 Å². The summed E-state index contributed by atoms with van der Waals surface area (Å²) in [6.07, 6.45) is 0.646. The zero-order valence-electron chi connectivity index (χ0n) is 20.4. The van der Waals surface area contributed by atoms with Crippen LogP contribution in [0.5, 0.6) is 23.0 Å². The third-order valence-corrected chi connectivity index (χ3v) is 6.09. The van der Waals surface area contributed by atoms with E-state index in [9.17, 15) is 14.7 Å². The molecule has 0 saturated carbocycles. The van der Waals surface area contributed by atoms with Gasteiger partial charge in [0.25, 0.3) is 11.7 Å². The molecule has 35 heavy (non-hydrogen) atoms. The molecule has 2 aliphatic rings. The van der Waals surface area contributed by atoms with Crippen LogP contribution in [0.1, 0.15) is 23.6 Å². The molecule has 1 saturated heterocycles. The molecule has 2 heterocycles. The van der Waals surface area contributed by atoms with Crippen LogP contribution in [0.4, 0.5) is 0 Å². The number of nitrogens with zero attached hydrogens (tertiary/aromatic N) is 2. The van der Waals surface area contributed by atoms with Gasteiger partial charge < -0.3 is 33.9 Å². The van der Waals surface area contributed by atoms with Crippen LogP contribution in [-0.4, -0.2) is 81.2 Å². The lowest BCUT2D eigenvalue weighted by atomic mass is 9.94. The molecule has 0 aromatic heterocycles. The van der Waals surface area contributed by atoms with E-state index in [1.165, 1.54) is 19.1 Å². The number of likely N-dealkylation sites (tertiary alicyclic amines) is 1. The van der Waals surface area contributed by atoms with Crippen LogP contribution in [0.2, 0.25) is 0 Å². The fourth-order valence-corrected chi connectivity index (χ4v) is 4.39. The van der Waals surface area contributed by atoms with Gasteiger partial charge in [-0.2, -0.15) is 0 Å². The number of methoxy groups -OCH3 is 2. The van der Waals surface area contributed by atoms with Gasteiger partial charge >= 0.3 is 0 Å². The summed E-state index contributed by atoms with van der Waals surface area (Å²) < 4.78 is 22.2. The number of benzene rings is 2. The monoisotopic (exact) mass is 482 g/mol. The lowest BCUT2D eigenvalue weighted by molar-refractivity contribution is -0.140. The van der Waals surface area contributed by atoms with Gasteiger partial charge in [-0.3, -0.25) is 9.59 Å². The first-order chi connectivity index (χ1) is 16.8. The summed E-state index contributed by atoms with van der Waals surface area (Å²) in [5, 5.41) is 11.4. The molecule has 0 aliphatic carbocycles. The topological polar surface area (TPSA) is 97.8 Å². The molecule has 1 amide bonds. The summed E-state index contributed by atoms with van der Waals surface area (Å²) in [5.74, 6) is 0.335. The molecule has 1 N–H and O–H groups in total. The van der Waals surface area contributed by atoms with Crippen molar-refractivity contribution < 1.29 is 33.6 Å². The highest BCUT2D eigenvalue weighted by Crippen LogP contribution is 2.44. The molecule has 2 aliphatic heterocycles. The van der Waals surface area contributed by atoms with Crippen molar-refractivity contribution in [3.8, 4) is 23.0 Å². The first-order valence-electron chi connectivity index (χ1n) is 11.4. The predicted octanol–water partition coefficient (Wildman–Crippen LogP) is 2.85. The minimum atomic E-state index is -0.851. The largest absolute Gasteiger partial charge is 0.507 e. The van der Waals surface area contributed by atoms with E-state index in [2.05, 4.69) is 0 Å². The molecule has 0 spiro atoms. The minimum Gasteiger partial charge on any atom is -0.507 e. The number of hydrogen-bond acceptors (Lipinski definition) is 8. The number of fused-ring (bicyclic) bond motifs is 1. The van der Waals surface area contributed by atoms with Crippen molar-refractivity contribution >= 4 is 17.4 Å². The third kappa shape index (κ3) is 4.77. The van der Waals surface area contributed by atoms with Gasteiger partial charge in [0.2, 0.25) is 0 Å². The van der Waals surface area contributed by atoms with Crippen molar-refractivity contribution in [2.24, 2.45) is 0 Å². The number of aliphatic hydroxyl groups is 1. The smallest absolute Gasteiger partial charge is 0.295 e. The highest BCUT2D eigenvalue weighted by atomic mass is 16.6. The van der Waals surface area contributed by atoms with Crippen molar-refractivity contribution in [1.82, 2.24) is 9.80 Å². The van der Waals surface area contributed by atoms with Crippen LogP contribution in [0.15, 0.2) is 42.0 Å². The highest BCUT2D eigenvalue weighted by molar-refractivity contribution is 6.46.